The lowest BCUT2D eigenvalue weighted by molar-refractivity contribution is 0.243. The third kappa shape index (κ3) is 2.63. The van der Waals surface area contributed by atoms with Gasteiger partial charge in [0.25, 0.3) is 0 Å². The summed E-state index contributed by atoms with van der Waals surface area (Å²) in [6, 6.07) is 3.95. The van der Waals surface area contributed by atoms with E-state index in [1.807, 2.05) is 6.92 Å². The highest BCUT2D eigenvalue weighted by Crippen LogP contribution is 2.36. The molecule has 3 rings (SSSR count). The fourth-order valence-electron chi connectivity index (χ4n) is 2.69. The normalized spacial score (nSPS) is 16.3. The Hall–Kier alpha value is -2.13. The van der Waals surface area contributed by atoms with Crippen molar-refractivity contribution in [3.05, 3.63) is 28.7 Å². The molecule has 0 saturated heterocycles. The van der Waals surface area contributed by atoms with E-state index >= 15 is 0 Å². The molecule has 2 aromatic rings. The Morgan fingerprint density at radius 1 is 1.33 bits per heavy atom. The Labute approximate surface area is 139 Å². The Balaban J connectivity index is 2.23. The summed E-state index contributed by atoms with van der Waals surface area (Å²) in [4.78, 5) is 24.6. The number of hydrogen-bond donors (Lipinski definition) is 2. The second-order valence-corrected chi connectivity index (χ2v) is 7.95. The Morgan fingerprint density at radius 2 is 2.00 bits per heavy atom. The number of nitrogens with zero attached hydrogens (tertiary/aromatic N) is 2. The number of nitrogens with one attached hydrogen (secondary N) is 2. The number of aryl methyl sites for hydroxylation is 1. The van der Waals surface area contributed by atoms with Gasteiger partial charge in [0.1, 0.15) is 4.90 Å². The van der Waals surface area contributed by atoms with E-state index in [0.717, 1.165) is 17.4 Å². The van der Waals surface area contributed by atoms with Crippen molar-refractivity contribution in [1.82, 2.24) is 19.2 Å². The van der Waals surface area contributed by atoms with E-state index in [2.05, 4.69) is 10.0 Å². The highest BCUT2D eigenvalue weighted by molar-refractivity contribution is 7.89. The van der Waals surface area contributed by atoms with Crippen molar-refractivity contribution >= 4 is 27.1 Å². The molecule has 1 aromatic heterocycles. The topological polar surface area (TPSA) is 102 Å². The highest BCUT2D eigenvalue weighted by Gasteiger charge is 2.42. The largest absolute Gasteiger partial charge is 0.338 e. The van der Waals surface area contributed by atoms with Crippen LogP contribution in [0.5, 0.6) is 0 Å². The van der Waals surface area contributed by atoms with Gasteiger partial charge in [-0.05, 0) is 38.8 Å². The van der Waals surface area contributed by atoms with Gasteiger partial charge in [-0.15, -0.1) is 0 Å². The maximum atomic E-state index is 12.7. The minimum atomic E-state index is -3.80. The van der Waals surface area contributed by atoms with Crippen molar-refractivity contribution in [3.8, 4) is 0 Å². The van der Waals surface area contributed by atoms with E-state index in [-0.39, 0.29) is 15.9 Å². The molecule has 0 aliphatic heterocycles. The first-order chi connectivity index (χ1) is 11.2. The lowest BCUT2D eigenvalue weighted by atomic mass is 10.3. The Kier molecular flexibility index (Phi) is 3.80. The first-order valence-corrected chi connectivity index (χ1v) is 9.21. The smallest absolute Gasteiger partial charge is 0.337 e. The highest BCUT2D eigenvalue weighted by atomic mass is 32.2. The van der Waals surface area contributed by atoms with E-state index in [0.29, 0.717) is 6.54 Å². The van der Waals surface area contributed by atoms with Gasteiger partial charge in [0.15, 0.2) is 0 Å². The fourth-order valence-corrected chi connectivity index (χ4v) is 4.41. The number of benzene rings is 1. The molecule has 130 valence electrons. The van der Waals surface area contributed by atoms with Gasteiger partial charge in [0, 0.05) is 19.1 Å². The fraction of sp³-hybridized carbons (Fsp3) is 0.467. The predicted octanol–water partition coefficient (Wildman–Crippen LogP) is 0.748. The Bertz CT molecular complexity index is 983. The van der Waals surface area contributed by atoms with Crippen molar-refractivity contribution in [2.45, 2.75) is 37.1 Å². The van der Waals surface area contributed by atoms with Crippen molar-refractivity contribution in [2.75, 3.05) is 6.54 Å². The Morgan fingerprint density at radius 3 is 2.58 bits per heavy atom. The van der Waals surface area contributed by atoms with Gasteiger partial charge in [-0.25, -0.2) is 27.3 Å². The number of carbonyl (C=O) groups is 1. The molecule has 1 aromatic carbocycles. The molecule has 1 fully saturated rings. The number of amides is 1. The minimum absolute atomic E-state index is 0.00391. The SMILES string of the molecule is CCNC(=O)n1c(=O)n(C)c2c(S(=O)(=O)NC3(C)CC3)cccc21. The van der Waals surface area contributed by atoms with Gasteiger partial charge in [-0.1, -0.05) is 6.07 Å². The van der Waals surface area contributed by atoms with Gasteiger partial charge in [-0.3, -0.25) is 4.57 Å². The number of sulfonamides is 1. The van der Waals surface area contributed by atoms with Crippen LogP contribution in [0, 0.1) is 0 Å². The standard InChI is InChI=1S/C15H20N4O4S/c1-4-16-13(20)19-10-6-5-7-11(12(10)18(3)14(19)21)24(22,23)17-15(2)8-9-15/h5-7,17H,4,8-9H2,1-3H3,(H,16,20). The van der Waals surface area contributed by atoms with E-state index < -0.39 is 27.3 Å². The first kappa shape index (κ1) is 16.7. The summed E-state index contributed by atoms with van der Waals surface area (Å²) in [7, 11) is -2.34. The zero-order valence-electron chi connectivity index (χ0n) is 13.8. The molecule has 24 heavy (non-hydrogen) atoms. The number of carbonyl (C=O) groups excluding carboxylic acids is 1. The van der Waals surface area contributed by atoms with Crippen molar-refractivity contribution in [1.29, 1.82) is 0 Å². The summed E-state index contributed by atoms with van der Waals surface area (Å²) >= 11 is 0. The summed E-state index contributed by atoms with van der Waals surface area (Å²) in [5.74, 6) is 0. The van der Waals surface area contributed by atoms with Crippen LogP contribution >= 0.6 is 0 Å². The predicted molar refractivity (Wildman–Crippen MR) is 89.6 cm³/mol. The maximum Gasteiger partial charge on any atom is 0.337 e. The van der Waals surface area contributed by atoms with Crippen LogP contribution in [-0.2, 0) is 17.1 Å². The van der Waals surface area contributed by atoms with Crippen LogP contribution in [0.3, 0.4) is 0 Å². The molecular formula is C15H20N4O4S. The number of rotatable bonds is 4. The third-order valence-corrected chi connectivity index (χ3v) is 5.90. The molecule has 0 atom stereocenters. The molecule has 0 unspecified atom stereocenters. The monoisotopic (exact) mass is 352 g/mol. The summed E-state index contributed by atoms with van der Waals surface area (Å²) in [5.41, 5.74) is -0.541. The van der Waals surface area contributed by atoms with Gasteiger partial charge in [0.05, 0.1) is 11.0 Å². The van der Waals surface area contributed by atoms with E-state index in [9.17, 15) is 18.0 Å². The van der Waals surface area contributed by atoms with Crippen LogP contribution in [0.2, 0.25) is 0 Å². The second-order valence-electron chi connectivity index (χ2n) is 6.30. The van der Waals surface area contributed by atoms with Crippen LogP contribution < -0.4 is 15.7 Å². The molecule has 8 nitrogen and oxygen atoms in total. The number of fused-ring (bicyclic) bond motifs is 1. The van der Waals surface area contributed by atoms with E-state index in [1.54, 1.807) is 13.0 Å². The van der Waals surface area contributed by atoms with Crippen LogP contribution in [0.15, 0.2) is 27.9 Å². The van der Waals surface area contributed by atoms with Crippen molar-refractivity contribution in [3.63, 3.8) is 0 Å². The minimum Gasteiger partial charge on any atom is -0.338 e. The van der Waals surface area contributed by atoms with E-state index in [4.69, 9.17) is 0 Å². The van der Waals surface area contributed by atoms with Crippen LogP contribution in [0.1, 0.15) is 26.7 Å². The third-order valence-electron chi connectivity index (χ3n) is 4.23. The van der Waals surface area contributed by atoms with Gasteiger partial charge < -0.3 is 5.32 Å². The molecule has 1 saturated carbocycles. The van der Waals surface area contributed by atoms with Crippen LogP contribution in [-0.4, -0.2) is 35.7 Å². The number of para-hydroxylation sites is 1. The molecule has 1 amide bonds. The molecule has 1 heterocycles. The molecule has 1 aliphatic carbocycles. The van der Waals surface area contributed by atoms with E-state index in [1.165, 1.54) is 23.7 Å². The first-order valence-electron chi connectivity index (χ1n) is 7.73. The zero-order chi connectivity index (χ0) is 17.7. The number of aromatic nitrogens is 2. The van der Waals surface area contributed by atoms with Gasteiger partial charge >= 0.3 is 11.7 Å². The second kappa shape index (κ2) is 5.45. The quantitative estimate of drug-likeness (QED) is 0.847. The molecule has 1 aliphatic rings. The average molecular weight is 352 g/mol. The molecule has 0 spiro atoms. The molecule has 0 radical (unpaired) electrons. The number of hydrogen-bond acceptors (Lipinski definition) is 4. The average Bonchev–Trinajstić information content (AvgIpc) is 3.16. The van der Waals surface area contributed by atoms with Crippen molar-refractivity contribution < 1.29 is 13.2 Å². The summed E-state index contributed by atoms with van der Waals surface area (Å²) < 4.78 is 30.3. The van der Waals surface area contributed by atoms with Crippen molar-refractivity contribution in [2.24, 2.45) is 7.05 Å². The number of imidazole rings is 1. The molecule has 9 heteroatoms. The van der Waals surface area contributed by atoms with Crippen LogP contribution in [0.25, 0.3) is 11.0 Å². The molecule has 0 bridgehead atoms. The van der Waals surface area contributed by atoms with Gasteiger partial charge in [0.2, 0.25) is 10.0 Å². The summed E-state index contributed by atoms with van der Waals surface area (Å²) in [6.07, 6.45) is 1.56. The molecule has 2 N–H and O–H groups in total. The van der Waals surface area contributed by atoms with Gasteiger partial charge in [-0.2, -0.15) is 0 Å². The maximum absolute atomic E-state index is 12.7. The lowest BCUT2D eigenvalue weighted by Crippen LogP contribution is -2.36. The molecular weight excluding hydrogens is 332 g/mol. The zero-order valence-corrected chi connectivity index (χ0v) is 14.6. The summed E-state index contributed by atoms with van der Waals surface area (Å²) in [6.45, 7) is 3.94. The summed E-state index contributed by atoms with van der Waals surface area (Å²) in [5, 5.41) is 2.56. The lowest BCUT2D eigenvalue weighted by Gasteiger charge is -2.13. The van der Waals surface area contributed by atoms with Crippen LogP contribution in [0.4, 0.5) is 4.79 Å².